The van der Waals surface area contributed by atoms with Gasteiger partial charge in [0.15, 0.2) is 0 Å². The average Bonchev–Trinajstić information content (AvgIpc) is 2.57. The molecule has 0 radical (unpaired) electrons. The third kappa shape index (κ3) is 3.91. The number of phenols is 1. The van der Waals surface area contributed by atoms with E-state index >= 15 is 0 Å². The Kier molecular flexibility index (Phi) is 5.55. The number of phenolic OH excluding ortho intramolecular Hbond substituents is 1. The molecule has 22 heavy (non-hydrogen) atoms. The second-order valence-corrected chi connectivity index (χ2v) is 6.33. The van der Waals surface area contributed by atoms with E-state index in [4.69, 9.17) is 16.3 Å². The van der Waals surface area contributed by atoms with Crippen molar-refractivity contribution in [2.24, 2.45) is 0 Å². The van der Waals surface area contributed by atoms with Crippen LogP contribution in [0.15, 0.2) is 18.2 Å². The van der Waals surface area contributed by atoms with Crippen LogP contribution in [-0.2, 0) is 4.74 Å². The van der Waals surface area contributed by atoms with E-state index in [1.165, 1.54) is 5.56 Å². The minimum Gasteiger partial charge on any atom is -0.506 e. The molecule has 1 atom stereocenters. The molecule has 1 unspecified atom stereocenters. The van der Waals surface area contributed by atoms with Gasteiger partial charge in [-0.25, -0.2) is 0 Å². The smallest absolute Gasteiger partial charge is 0.134 e. The van der Waals surface area contributed by atoms with Crippen molar-refractivity contribution in [3.05, 3.63) is 28.8 Å². The first kappa shape index (κ1) is 16.0. The highest BCUT2D eigenvalue weighted by Crippen LogP contribution is 2.30. The Morgan fingerprint density at radius 1 is 1.18 bits per heavy atom. The van der Waals surface area contributed by atoms with Crippen molar-refractivity contribution in [1.82, 2.24) is 15.1 Å². The maximum atomic E-state index is 9.67. The highest BCUT2D eigenvalue weighted by molar-refractivity contribution is 6.32. The Bertz CT molecular complexity index is 488. The number of benzene rings is 1. The first-order valence-electron chi connectivity index (χ1n) is 7.97. The van der Waals surface area contributed by atoms with Gasteiger partial charge >= 0.3 is 0 Å². The molecule has 0 bridgehead atoms. The van der Waals surface area contributed by atoms with Gasteiger partial charge in [-0.2, -0.15) is 0 Å². The number of ether oxygens (including phenoxy) is 1. The van der Waals surface area contributed by atoms with Gasteiger partial charge in [-0.3, -0.25) is 9.80 Å². The minimum atomic E-state index is 0.149. The molecule has 2 aliphatic heterocycles. The van der Waals surface area contributed by atoms with Crippen LogP contribution in [0.3, 0.4) is 0 Å². The fourth-order valence-electron chi connectivity index (χ4n) is 3.18. The Labute approximate surface area is 136 Å². The Morgan fingerprint density at radius 2 is 1.91 bits per heavy atom. The zero-order chi connectivity index (χ0) is 15.4. The van der Waals surface area contributed by atoms with E-state index in [2.05, 4.69) is 15.1 Å². The number of morpholine rings is 1. The number of rotatable bonds is 4. The maximum Gasteiger partial charge on any atom is 0.134 e. The molecule has 0 amide bonds. The van der Waals surface area contributed by atoms with Crippen molar-refractivity contribution in [3.8, 4) is 5.75 Å². The molecule has 5 nitrogen and oxygen atoms in total. The number of nitrogens with one attached hydrogen (secondary N) is 1. The van der Waals surface area contributed by atoms with E-state index in [0.717, 1.165) is 59.0 Å². The van der Waals surface area contributed by atoms with Crippen molar-refractivity contribution in [2.45, 2.75) is 6.04 Å². The van der Waals surface area contributed by atoms with Crippen LogP contribution in [0.4, 0.5) is 0 Å². The summed E-state index contributed by atoms with van der Waals surface area (Å²) >= 11 is 6.13. The summed E-state index contributed by atoms with van der Waals surface area (Å²) in [6.45, 7) is 8.67. The van der Waals surface area contributed by atoms with Crippen molar-refractivity contribution >= 4 is 11.6 Å². The van der Waals surface area contributed by atoms with Gasteiger partial charge in [0.25, 0.3) is 0 Å². The molecule has 2 N–H and O–H groups in total. The molecule has 2 saturated heterocycles. The van der Waals surface area contributed by atoms with Gasteiger partial charge < -0.3 is 15.2 Å². The predicted molar refractivity (Wildman–Crippen MR) is 87.6 cm³/mol. The molecule has 122 valence electrons. The van der Waals surface area contributed by atoms with Crippen molar-refractivity contribution in [1.29, 1.82) is 0 Å². The monoisotopic (exact) mass is 325 g/mol. The lowest BCUT2D eigenvalue weighted by Crippen LogP contribution is -2.49. The summed E-state index contributed by atoms with van der Waals surface area (Å²) in [5, 5.41) is 13.5. The first-order chi connectivity index (χ1) is 10.7. The molecule has 2 aliphatic rings. The zero-order valence-electron chi connectivity index (χ0n) is 12.8. The normalized spacial score (nSPS) is 22.6. The molecule has 2 heterocycles. The molecule has 0 aromatic heterocycles. The summed E-state index contributed by atoms with van der Waals surface area (Å²) in [4.78, 5) is 4.96. The molecule has 0 saturated carbocycles. The summed E-state index contributed by atoms with van der Waals surface area (Å²) in [6.07, 6.45) is 0. The lowest BCUT2D eigenvalue weighted by Gasteiger charge is -2.39. The van der Waals surface area contributed by atoms with Crippen LogP contribution in [0, 0.1) is 0 Å². The largest absolute Gasteiger partial charge is 0.506 e. The summed E-state index contributed by atoms with van der Waals surface area (Å²) < 4.78 is 5.45. The minimum absolute atomic E-state index is 0.149. The third-order valence-electron chi connectivity index (χ3n) is 4.48. The van der Waals surface area contributed by atoms with Crippen molar-refractivity contribution in [3.63, 3.8) is 0 Å². The van der Waals surface area contributed by atoms with Gasteiger partial charge in [0, 0.05) is 51.9 Å². The van der Waals surface area contributed by atoms with Crippen LogP contribution in [-0.4, -0.2) is 73.9 Å². The number of halogens is 1. The number of hydrogen-bond acceptors (Lipinski definition) is 5. The molecule has 1 aromatic carbocycles. The van der Waals surface area contributed by atoms with Crippen molar-refractivity contribution < 1.29 is 9.84 Å². The van der Waals surface area contributed by atoms with Crippen molar-refractivity contribution in [2.75, 3.05) is 59.0 Å². The molecule has 0 spiro atoms. The molecular formula is C16H24ClN3O2. The Morgan fingerprint density at radius 3 is 2.59 bits per heavy atom. The fraction of sp³-hybridized carbons (Fsp3) is 0.625. The van der Waals surface area contributed by atoms with Gasteiger partial charge in [0.05, 0.1) is 18.2 Å². The van der Waals surface area contributed by atoms with Crippen LogP contribution in [0.1, 0.15) is 11.6 Å². The summed E-state index contributed by atoms with van der Waals surface area (Å²) in [7, 11) is 0. The highest BCUT2D eigenvalue weighted by Gasteiger charge is 2.25. The van der Waals surface area contributed by atoms with E-state index in [1.54, 1.807) is 6.07 Å². The van der Waals surface area contributed by atoms with Crippen LogP contribution >= 0.6 is 11.6 Å². The quantitative estimate of drug-likeness (QED) is 0.874. The van der Waals surface area contributed by atoms with Crippen LogP contribution < -0.4 is 5.32 Å². The SMILES string of the molecule is Oc1ccc(C(CN2CCOCC2)N2CCNCC2)cc1Cl. The lowest BCUT2D eigenvalue weighted by molar-refractivity contribution is 0.0206. The van der Waals surface area contributed by atoms with Gasteiger partial charge in [0.2, 0.25) is 0 Å². The number of piperazine rings is 1. The second-order valence-electron chi connectivity index (χ2n) is 5.93. The topological polar surface area (TPSA) is 48.0 Å². The summed E-state index contributed by atoms with van der Waals surface area (Å²) in [5.41, 5.74) is 1.18. The standard InChI is InChI=1S/C16H24ClN3O2/c17-14-11-13(1-2-16(14)21)15(20-5-3-18-4-6-20)12-19-7-9-22-10-8-19/h1-2,11,15,18,21H,3-10,12H2. The zero-order valence-corrected chi connectivity index (χ0v) is 13.6. The molecule has 3 rings (SSSR count). The highest BCUT2D eigenvalue weighted by atomic mass is 35.5. The lowest BCUT2D eigenvalue weighted by atomic mass is 10.0. The van der Waals surface area contributed by atoms with E-state index in [-0.39, 0.29) is 5.75 Å². The molecule has 1 aromatic rings. The Hall–Kier alpha value is -0.850. The van der Waals surface area contributed by atoms with E-state index < -0.39 is 0 Å². The summed E-state index contributed by atoms with van der Waals surface area (Å²) in [5.74, 6) is 0.149. The van der Waals surface area contributed by atoms with Crippen LogP contribution in [0.2, 0.25) is 5.02 Å². The summed E-state index contributed by atoms with van der Waals surface area (Å²) in [6, 6.07) is 5.91. The van der Waals surface area contributed by atoms with E-state index in [1.807, 2.05) is 12.1 Å². The van der Waals surface area contributed by atoms with Gasteiger partial charge in [-0.05, 0) is 17.7 Å². The molecule has 6 heteroatoms. The first-order valence-corrected chi connectivity index (χ1v) is 8.35. The predicted octanol–water partition coefficient (Wildman–Crippen LogP) is 1.32. The maximum absolute atomic E-state index is 9.67. The van der Waals surface area contributed by atoms with Crippen LogP contribution in [0.25, 0.3) is 0 Å². The Balaban J connectivity index is 1.78. The second kappa shape index (κ2) is 7.62. The number of nitrogens with zero attached hydrogens (tertiary/aromatic N) is 2. The van der Waals surface area contributed by atoms with Gasteiger partial charge in [-0.1, -0.05) is 17.7 Å². The van der Waals surface area contributed by atoms with Gasteiger partial charge in [0.1, 0.15) is 5.75 Å². The third-order valence-corrected chi connectivity index (χ3v) is 4.79. The van der Waals surface area contributed by atoms with Crippen LogP contribution in [0.5, 0.6) is 5.75 Å². The number of hydrogen-bond donors (Lipinski definition) is 2. The average molecular weight is 326 g/mol. The molecular weight excluding hydrogens is 302 g/mol. The van der Waals surface area contributed by atoms with E-state index in [9.17, 15) is 5.11 Å². The molecule has 2 fully saturated rings. The molecule has 0 aliphatic carbocycles. The number of aromatic hydroxyl groups is 1. The fourth-order valence-corrected chi connectivity index (χ4v) is 3.37. The van der Waals surface area contributed by atoms with E-state index in [0.29, 0.717) is 11.1 Å². The van der Waals surface area contributed by atoms with Gasteiger partial charge in [-0.15, -0.1) is 0 Å².